The van der Waals surface area contributed by atoms with E-state index < -0.39 is 0 Å². The van der Waals surface area contributed by atoms with E-state index in [0.717, 1.165) is 42.6 Å². The Labute approximate surface area is 110 Å². The Hall–Kier alpha value is -1.40. The minimum absolute atomic E-state index is 0.250. The molecule has 1 saturated heterocycles. The lowest BCUT2D eigenvalue weighted by Crippen LogP contribution is -2.26. The van der Waals surface area contributed by atoms with Crippen molar-refractivity contribution in [1.82, 2.24) is 15.2 Å². The number of nitrogens with one attached hydrogen (secondary N) is 1. The van der Waals surface area contributed by atoms with E-state index in [4.69, 9.17) is 5.73 Å². The van der Waals surface area contributed by atoms with E-state index in [-0.39, 0.29) is 6.04 Å². The molecule has 1 aliphatic rings. The molecule has 96 valence electrons. The Kier molecular flexibility index (Phi) is 3.05. The minimum atomic E-state index is 0.250. The van der Waals surface area contributed by atoms with Crippen LogP contribution in [-0.2, 0) is 6.42 Å². The van der Waals surface area contributed by atoms with E-state index in [9.17, 15) is 0 Å². The summed E-state index contributed by atoms with van der Waals surface area (Å²) < 4.78 is 0. The monoisotopic (exact) mass is 263 g/mol. The van der Waals surface area contributed by atoms with Crippen LogP contribution in [0.2, 0.25) is 0 Å². The van der Waals surface area contributed by atoms with Crippen molar-refractivity contribution in [3.05, 3.63) is 17.0 Å². The van der Waals surface area contributed by atoms with Crippen LogP contribution in [0.25, 0.3) is 10.7 Å². The van der Waals surface area contributed by atoms with Crippen molar-refractivity contribution < 1.29 is 0 Å². The third kappa shape index (κ3) is 2.13. The van der Waals surface area contributed by atoms with Gasteiger partial charge < -0.3 is 10.6 Å². The maximum Gasteiger partial charge on any atom is 0.245 e. The Morgan fingerprint density at radius 2 is 2.44 bits per heavy atom. The first kappa shape index (κ1) is 11.7. The summed E-state index contributed by atoms with van der Waals surface area (Å²) in [5.74, 6) is 1.62. The predicted molar refractivity (Wildman–Crippen MR) is 73.9 cm³/mol. The van der Waals surface area contributed by atoms with Crippen LogP contribution < -0.4 is 10.6 Å². The Morgan fingerprint density at radius 3 is 3.11 bits per heavy atom. The molecule has 18 heavy (non-hydrogen) atoms. The van der Waals surface area contributed by atoms with E-state index in [1.807, 2.05) is 0 Å². The summed E-state index contributed by atoms with van der Waals surface area (Å²) >= 11 is 1.77. The van der Waals surface area contributed by atoms with Crippen LogP contribution in [0.3, 0.4) is 0 Å². The molecule has 0 bridgehead atoms. The molecule has 1 aliphatic heterocycles. The van der Waals surface area contributed by atoms with Gasteiger partial charge in [0.2, 0.25) is 5.95 Å². The van der Waals surface area contributed by atoms with E-state index in [1.165, 1.54) is 4.88 Å². The third-order valence-corrected chi connectivity index (χ3v) is 4.46. The topological polar surface area (TPSA) is 70.8 Å². The van der Waals surface area contributed by atoms with Gasteiger partial charge in [-0.05, 0) is 25.0 Å². The Morgan fingerprint density at radius 1 is 1.56 bits per heavy atom. The van der Waals surface area contributed by atoms with Crippen molar-refractivity contribution in [2.24, 2.45) is 5.73 Å². The standard InChI is InChI=1S/C12H17N5S/c1-2-9-3-4-10(18-9)11-14-12(16-15-11)17-6-5-8(13)7-17/h3-4,8H,2,5-7,13H2,1H3,(H,14,15,16). The smallest absolute Gasteiger partial charge is 0.245 e. The van der Waals surface area contributed by atoms with Crippen LogP contribution >= 0.6 is 11.3 Å². The van der Waals surface area contributed by atoms with Crippen molar-refractivity contribution in [2.75, 3.05) is 18.0 Å². The molecule has 0 amide bonds. The molecule has 0 saturated carbocycles. The zero-order valence-electron chi connectivity index (χ0n) is 10.4. The fourth-order valence-electron chi connectivity index (χ4n) is 2.17. The Balaban J connectivity index is 1.80. The Bertz CT molecular complexity index is 532. The number of thiophene rings is 1. The fraction of sp³-hybridized carbons (Fsp3) is 0.500. The van der Waals surface area contributed by atoms with Crippen molar-refractivity contribution in [1.29, 1.82) is 0 Å². The van der Waals surface area contributed by atoms with E-state index in [0.29, 0.717) is 0 Å². The maximum atomic E-state index is 5.90. The SMILES string of the molecule is CCc1ccc(-c2nc(N3CCC(N)C3)n[nH]2)s1. The molecule has 2 aromatic heterocycles. The van der Waals surface area contributed by atoms with Gasteiger partial charge >= 0.3 is 0 Å². The predicted octanol–water partition coefficient (Wildman–Crippen LogP) is 1.63. The lowest BCUT2D eigenvalue weighted by molar-refractivity contribution is 0.750. The average molecular weight is 263 g/mol. The van der Waals surface area contributed by atoms with Crippen molar-refractivity contribution in [3.63, 3.8) is 0 Å². The van der Waals surface area contributed by atoms with E-state index in [2.05, 4.69) is 39.1 Å². The fourth-order valence-corrected chi connectivity index (χ4v) is 3.06. The normalized spacial score (nSPS) is 19.7. The number of nitrogens with zero attached hydrogens (tertiary/aromatic N) is 3. The lowest BCUT2D eigenvalue weighted by Gasteiger charge is -2.11. The molecular weight excluding hydrogens is 246 g/mol. The highest BCUT2D eigenvalue weighted by Gasteiger charge is 2.22. The van der Waals surface area contributed by atoms with Crippen LogP contribution in [0.1, 0.15) is 18.2 Å². The van der Waals surface area contributed by atoms with Crippen LogP contribution in [0.4, 0.5) is 5.95 Å². The van der Waals surface area contributed by atoms with Crippen LogP contribution in [-0.4, -0.2) is 34.3 Å². The van der Waals surface area contributed by atoms with E-state index >= 15 is 0 Å². The summed E-state index contributed by atoms with van der Waals surface area (Å²) in [6, 6.07) is 4.50. The van der Waals surface area contributed by atoms with Crippen LogP contribution in [0.15, 0.2) is 12.1 Å². The number of aromatic nitrogens is 3. The highest BCUT2D eigenvalue weighted by Crippen LogP contribution is 2.27. The van der Waals surface area contributed by atoms with Crippen molar-refractivity contribution >= 4 is 17.3 Å². The molecular formula is C12H17N5S. The molecule has 1 fully saturated rings. The minimum Gasteiger partial charge on any atom is -0.338 e. The summed E-state index contributed by atoms with van der Waals surface area (Å²) in [5, 5.41) is 7.30. The first-order valence-corrected chi connectivity index (χ1v) is 7.10. The van der Waals surface area contributed by atoms with Crippen LogP contribution in [0.5, 0.6) is 0 Å². The van der Waals surface area contributed by atoms with Gasteiger partial charge in [0.1, 0.15) is 0 Å². The number of rotatable bonds is 3. The lowest BCUT2D eigenvalue weighted by atomic mass is 10.3. The van der Waals surface area contributed by atoms with E-state index in [1.54, 1.807) is 11.3 Å². The van der Waals surface area contributed by atoms with Gasteiger partial charge in [-0.3, -0.25) is 5.10 Å². The van der Waals surface area contributed by atoms with Crippen LogP contribution in [0, 0.1) is 0 Å². The second-order valence-corrected chi connectivity index (χ2v) is 5.77. The molecule has 0 spiro atoms. The van der Waals surface area contributed by atoms with Gasteiger partial charge in [0, 0.05) is 24.0 Å². The number of aryl methyl sites for hydroxylation is 1. The molecule has 5 nitrogen and oxygen atoms in total. The number of nitrogens with two attached hydrogens (primary N) is 1. The van der Waals surface area contributed by atoms with Gasteiger partial charge in [-0.25, -0.2) is 0 Å². The number of H-pyrrole nitrogens is 1. The van der Waals surface area contributed by atoms with Crippen molar-refractivity contribution in [2.45, 2.75) is 25.8 Å². The number of anilines is 1. The van der Waals surface area contributed by atoms with Gasteiger partial charge in [-0.1, -0.05) is 6.92 Å². The third-order valence-electron chi connectivity index (χ3n) is 3.22. The first-order valence-electron chi connectivity index (χ1n) is 6.28. The summed E-state index contributed by atoms with van der Waals surface area (Å²) in [7, 11) is 0. The molecule has 6 heteroatoms. The van der Waals surface area contributed by atoms with Gasteiger partial charge in [0.25, 0.3) is 0 Å². The number of hydrogen-bond acceptors (Lipinski definition) is 5. The maximum absolute atomic E-state index is 5.90. The summed E-state index contributed by atoms with van der Waals surface area (Å²) in [6.07, 6.45) is 2.08. The molecule has 3 N–H and O–H groups in total. The highest BCUT2D eigenvalue weighted by atomic mass is 32.1. The number of aromatic amines is 1. The second kappa shape index (κ2) is 4.70. The zero-order chi connectivity index (χ0) is 12.5. The van der Waals surface area contributed by atoms with Gasteiger partial charge in [-0.15, -0.1) is 16.4 Å². The number of hydrogen-bond donors (Lipinski definition) is 2. The first-order chi connectivity index (χ1) is 8.76. The summed E-state index contributed by atoms with van der Waals surface area (Å²) in [5.41, 5.74) is 5.90. The highest BCUT2D eigenvalue weighted by molar-refractivity contribution is 7.15. The quantitative estimate of drug-likeness (QED) is 0.883. The molecule has 1 atom stereocenters. The van der Waals surface area contributed by atoms with Crippen molar-refractivity contribution in [3.8, 4) is 10.7 Å². The molecule has 0 aromatic carbocycles. The molecule has 2 aromatic rings. The average Bonchev–Trinajstić information content (AvgIpc) is 3.07. The second-order valence-electron chi connectivity index (χ2n) is 4.60. The van der Waals surface area contributed by atoms with Gasteiger partial charge in [0.15, 0.2) is 5.82 Å². The summed E-state index contributed by atoms with van der Waals surface area (Å²) in [6.45, 7) is 3.96. The van der Waals surface area contributed by atoms with Gasteiger partial charge in [-0.2, -0.15) is 4.98 Å². The molecule has 1 unspecified atom stereocenters. The zero-order valence-corrected chi connectivity index (χ0v) is 11.2. The molecule has 0 aliphatic carbocycles. The largest absolute Gasteiger partial charge is 0.338 e. The molecule has 0 radical (unpaired) electrons. The van der Waals surface area contributed by atoms with Gasteiger partial charge in [0.05, 0.1) is 4.88 Å². The molecule has 3 heterocycles. The molecule has 3 rings (SSSR count). The summed E-state index contributed by atoms with van der Waals surface area (Å²) in [4.78, 5) is 9.21.